The van der Waals surface area contributed by atoms with Crippen LogP contribution in [0.3, 0.4) is 0 Å². The minimum absolute atomic E-state index is 0.0226. The van der Waals surface area contributed by atoms with Gasteiger partial charge in [-0.1, -0.05) is 36.2 Å². The van der Waals surface area contributed by atoms with Gasteiger partial charge in [0.05, 0.1) is 10.7 Å². The molecule has 0 spiro atoms. The number of benzene rings is 1. The van der Waals surface area contributed by atoms with E-state index in [0.717, 1.165) is 28.8 Å². The Kier molecular flexibility index (Phi) is 7.90. The molecule has 0 aliphatic rings. The molecule has 1 atom stereocenters. The summed E-state index contributed by atoms with van der Waals surface area (Å²) in [7, 11) is 1.75. The lowest BCUT2D eigenvalue weighted by Crippen LogP contribution is -2.17. The largest absolute Gasteiger partial charge is 0.406 e. The third-order valence-electron chi connectivity index (χ3n) is 4.50. The molecule has 0 amide bonds. The molecule has 0 radical (unpaired) electrons. The summed E-state index contributed by atoms with van der Waals surface area (Å²) in [6, 6.07) is 4.69. The standard InChI is InChI=1S/C22H25Cl2FN2O/c1-6-16(17(7-2)13-26-5)12-20-14(3)10-11-27(20)28-15(4)21-18(23)8-9-19(25)22(21)24/h7-13,15H,6H2,1-5H3/b16-12+,17-7+,26-13?. The molecular weight excluding hydrogens is 398 g/mol. The van der Waals surface area contributed by atoms with Crippen LogP contribution in [0.25, 0.3) is 6.08 Å². The third kappa shape index (κ3) is 4.86. The summed E-state index contributed by atoms with van der Waals surface area (Å²) in [6.07, 6.45) is 8.07. The number of nitrogens with zero attached hydrogens (tertiary/aromatic N) is 2. The molecule has 1 aromatic carbocycles. The van der Waals surface area contributed by atoms with Crippen molar-refractivity contribution < 1.29 is 9.23 Å². The van der Waals surface area contributed by atoms with Crippen molar-refractivity contribution in [2.45, 2.75) is 40.2 Å². The second-order valence-corrected chi connectivity index (χ2v) is 7.15. The Hall–Kier alpha value is -2.04. The van der Waals surface area contributed by atoms with Crippen LogP contribution in [0.4, 0.5) is 4.39 Å². The first-order chi connectivity index (χ1) is 13.3. The first-order valence-electron chi connectivity index (χ1n) is 9.11. The topological polar surface area (TPSA) is 26.5 Å². The summed E-state index contributed by atoms with van der Waals surface area (Å²) >= 11 is 12.4. The van der Waals surface area contributed by atoms with Gasteiger partial charge in [-0.15, -0.1) is 0 Å². The van der Waals surface area contributed by atoms with E-state index in [0.29, 0.717) is 10.6 Å². The molecule has 28 heavy (non-hydrogen) atoms. The number of hydrogen-bond acceptors (Lipinski definition) is 2. The molecule has 1 unspecified atom stereocenters. The molecule has 150 valence electrons. The van der Waals surface area contributed by atoms with E-state index in [-0.39, 0.29) is 5.02 Å². The molecule has 0 saturated carbocycles. The van der Waals surface area contributed by atoms with E-state index < -0.39 is 11.9 Å². The average molecular weight is 423 g/mol. The normalized spacial score (nSPS) is 14.0. The Morgan fingerprint density at radius 1 is 1.32 bits per heavy atom. The van der Waals surface area contributed by atoms with Crippen LogP contribution in [-0.4, -0.2) is 18.0 Å². The maximum Gasteiger partial charge on any atom is 0.150 e. The van der Waals surface area contributed by atoms with Crippen molar-refractivity contribution in [2.24, 2.45) is 4.99 Å². The Morgan fingerprint density at radius 2 is 2.04 bits per heavy atom. The zero-order valence-corrected chi connectivity index (χ0v) is 18.3. The lowest BCUT2D eigenvalue weighted by molar-refractivity contribution is 0.0470. The molecule has 1 heterocycles. The number of aliphatic imine (C=N–C) groups is 1. The maximum absolute atomic E-state index is 13.9. The minimum Gasteiger partial charge on any atom is -0.406 e. The second kappa shape index (κ2) is 9.94. The molecule has 0 N–H and O–H groups in total. The van der Waals surface area contributed by atoms with Crippen LogP contribution < -0.4 is 4.84 Å². The Balaban J connectivity index is 2.43. The van der Waals surface area contributed by atoms with Gasteiger partial charge >= 0.3 is 0 Å². The van der Waals surface area contributed by atoms with Crippen molar-refractivity contribution in [1.29, 1.82) is 0 Å². The highest BCUT2D eigenvalue weighted by molar-refractivity contribution is 6.36. The summed E-state index contributed by atoms with van der Waals surface area (Å²) in [4.78, 5) is 10.2. The summed E-state index contributed by atoms with van der Waals surface area (Å²) in [5.74, 6) is -0.523. The van der Waals surface area contributed by atoms with Crippen molar-refractivity contribution in [2.75, 3.05) is 7.05 Å². The van der Waals surface area contributed by atoms with Crippen molar-refractivity contribution in [3.63, 3.8) is 0 Å². The van der Waals surface area contributed by atoms with E-state index in [1.165, 1.54) is 12.1 Å². The van der Waals surface area contributed by atoms with Crippen molar-refractivity contribution in [3.05, 3.63) is 74.3 Å². The highest BCUT2D eigenvalue weighted by Crippen LogP contribution is 2.33. The third-order valence-corrected chi connectivity index (χ3v) is 5.21. The molecule has 0 bridgehead atoms. The molecule has 2 aromatic rings. The highest BCUT2D eigenvalue weighted by atomic mass is 35.5. The summed E-state index contributed by atoms with van der Waals surface area (Å²) < 4.78 is 15.5. The van der Waals surface area contributed by atoms with E-state index in [4.69, 9.17) is 28.0 Å². The van der Waals surface area contributed by atoms with Crippen LogP contribution in [0.2, 0.25) is 10.0 Å². The van der Waals surface area contributed by atoms with E-state index >= 15 is 0 Å². The van der Waals surface area contributed by atoms with Gasteiger partial charge in [0.2, 0.25) is 0 Å². The van der Waals surface area contributed by atoms with Gasteiger partial charge in [-0.05, 0) is 68.2 Å². The first-order valence-corrected chi connectivity index (χ1v) is 9.87. The zero-order chi connectivity index (χ0) is 20.8. The average Bonchev–Trinajstić information content (AvgIpc) is 3.00. The molecule has 2 rings (SSSR count). The number of aromatic nitrogens is 1. The number of allylic oxidation sites excluding steroid dienone is 3. The van der Waals surface area contributed by atoms with Crippen LogP contribution >= 0.6 is 23.2 Å². The van der Waals surface area contributed by atoms with Gasteiger partial charge in [0.1, 0.15) is 5.82 Å². The minimum atomic E-state index is -0.543. The van der Waals surface area contributed by atoms with Crippen LogP contribution in [-0.2, 0) is 0 Å². The number of rotatable bonds is 7. The molecule has 0 saturated heterocycles. The van der Waals surface area contributed by atoms with Gasteiger partial charge in [-0.25, -0.2) is 4.39 Å². The summed E-state index contributed by atoms with van der Waals surface area (Å²) in [5.41, 5.74) is 4.57. The predicted octanol–water partition coefficient (Wildman–Crippen LogP) is 6.87. The van der Waals surface area contributed by atoms with Gasteiger partial charge in [-0.3, -0.25) is 4.99 Å². The lowest BCUT2D eigenvalue weighted by Gasteiger charge is -2.20. The number of halogens is 3. The molecule has 0 aliphatic heterocycles. The fraction of sp³-hybridized carbons (Fsp3) is 0.318. The number of aryl methyl sites for hydroxylation is 1. The van der Waals surface area contributed by atoms with Crippen LogP contribution in [0, 0.1) is 12.7 Å². The molecular formula is C22H25Cl2FN2O. The van der Waals surface area contributed by atoms with E-state index in [1.54, 1.807) is 18.7 Å². The lowest BCUT2D eigenvalue weighted by atomic mass is 10.0. The number of hydrogen-bond donors (Lipinski definition) is 0. The quantitative estimate of drug-likeness (QED) is 0.271. The van der Waals surface area contributed by atoms with Gasteiger partial charge in [0.15, 0.2) is 6.10 Å². The molecule has 0 aliphatic carbocycles. The Labute approximate surface area is 176 Å². The van der Waals surface area contributed by atoms with Crippen LogP contribution in [0.5, 0.6) is 0 Å². The van der Waals surface area contributed by atoms with Crippen molar-refractivity contribution in [3.8, 4) is 0 Å². The fourth-order valence-electron chi connectivity index (χ4n) is 2.96. The molecule has 6 heteroatoms. The first kappa shape index (κ1) is 22.3. The molecule has 0 fully saturated rings. The maximum atomic E-state index is 13.9. The predicted molar refractivity (Wildman–Crippen MR) is 117 cm³/mol. The Morgan fingerprint density at radius 3 is 2.64 bits per heavy atom. The van der Waals surface area contributed by atoms with Gasteiger partial charge < -0.3 is 4.84 Å². The summed E-state index contributed by atoms with van der Waals surface area (Å²) in [6.45, 7) is 7.88. The van der Waals surface area contributed by atoms with Crippen molar-refractivity contribution in [1.82, 2.24) is 4.73 Å². The van der Waals surface area contributed by atoms with Crippen LogP contribution in [0.1, 0.15) is 50.1 Å². The van der Waals surface area contributed by atoms with Gasteiger partial charge in [0, 0.05) is 30.0 Å². The van der Waals surface area contributed by atoms with Gasteiger partial charge in [0.25, 0.3) is 0 Å². The zero-order valence-electron chi connectivity index (χ0n) is 16.8. The second-order valence-electron chi connectivity index (χ2n) is 6.37. The van der Waals surface area contributed by atoms with E-state index in [1.807, 2.05) is 38.4 Å². The Bertz CT molecular complexity index is 929. The van der Waals surface area contributed by atoms with E-state index in [2.05, 4.69) is 18.0 Å². The van der Waals surface area contributed by atoms with E-state index in [9.17, 15) is 4.39 Å². The SMILES string of the molecule is C/C=C(C=NC)/C(=C/c1c(C)ccn1OC(C)c1c(Cl)ccc(F)c1Cl)CC. The fourth-order valence-corrected chi connectivity index (χ4v) is 3.64. The molecule has 3 nitrogen and oxygen atoms in total. The van der Waals surface area contributed by atoms with Crippen molar-refractivity contribution >= 4 is 35.5 Å². The monoisotopic (exact) mass is 422 g/mol. The van der Waals surface area contributed by atoms with Crippen LogP contribution in [0.15, 0.2) is 46.6 Å². The highest BCUT2D eigenvalue weighted by Gasteiger charge is 2.20. The summed E-state index contributed by atoms with van der Waals surface area (Å²) in [5, 5.41) is 0.343. The molecule has 1 aromatic heterocycles. The smallest absolute Gasteiger partial charge is 0.150 e. The van der Waals surface area contributed by atoms with Gasteiger partial charge in [-0.2, -0.15) is 4.73 Å².